The Labute approximate surface area is 110 Å². The van der Waals surface area contributed by atoms with Gasteiger partial charge in [-0.1, -0.05) is 22.8 Å². The largest absolute Gasteiger partial charge is 0.343 e. The van der Waals surface area contributed by atoms with E-state index in [4.69, 9.17) is 16.1 Å². The smallest absolute Gasteiger partial charge is 0.213 e. The van der Waals surface area contributed by atoms with Crippen molar-refractivity contribution in [1.82, 2.24) is 15.5 Å². The number of hydrogen-bond donors (Lipinski definition) is 1. The van der Waals surface area contributed by atoms with Gasteiger partial charge >= 0.3 is 0 Å². The number of fused-ring (bicyclic) bond motifs is 1. The maximum Gasteiger partial charge on any atom is 0.213 e. The maximum atomic E-state index is 6.00. The van der Waals surface area contributed by atoms with Gasteiger partial charge in [0.15, 0.2) is 5.82 Å². The molecule has 5 heteroatoms. The van der Waals surface area contributed by atoms with E-state index in [1.54, 1.807) is 0 Å². The van der Waals surface area contributed by atoms with Gasteiger partial charge in [-0.25, -0.2) is 0 Å². The molecule has 1 N–H and O–H groups in total. The molecule has 0 bridgehead atoms. The summed E-state index contributed by atoms with van der Waals surface area (Å²) in [6.45, 7) is 0.853. The van der Waals surface area contributed by atoms with Crippen molar-refractivity contribution in [1.29, 1.82) is 0 Å². The molecule has 0 radical (unpaired) electrons. The minimum atomic E-state index is 0.421. The first-order chi connectivity index (χ1) is 8.83. The summed E-state index contributed by atoms with van der Waals surface area (Å²) in [5.74, 6) is 0.747. The summed E-state index contributed by atoms with van der Waals surface area (Å²) >= 11 is 6.00. The molecule has 0 fully saturated rings. The number of aryl methyl sites for hydroxylation is 1. The van der Waals surface area contributed by atoms with Gasteiger partial charge in [-0.2, -0.15) is 4.98 Å². The standard InChI is InChI=1S/C13H14ClN3O/c14-10-2-3-11-9(7-10)1-4-12(11)15-6-5-13-16-8-18-17-13/h2-3,7-8,12,15H,1,4-6H2. The number of aromatic nitrogens is 2. The first kappa shape index (κ1) is 11.7. The van der Waals surface area contributed by atoms with E-state index in [0.29, 0.717) is 6.04 Å². The third-order valence-electron chi connectivity index (χ3n) is 3.33. The second-order valence-electron chi connectivity index (χ2n) is 4.49. The normalized spacial score (nSPS) is 17.9. The highest BCUT2D eigenvalue weighted by atomic mass is 35.5. The lowest BCUT2D eigenvalue weighted by molar-refractivity contribution is 0.408. The quantitative estimate of drug-likeness (QED) is 0.921. The summed E-state index contributed by atoms with van der Waals surface area (Å²) in [4.78, 5) is 4.00. The number of hydrogen-bond acceptors (Lipinski definition) is 4. The molecule has 2 aromatic rings. The van der Waals surface area contributed by atoms with E-state index in [-0.39, 0.29) is 0 Å². The van der Waals surface area contributed by atoms with Gasteiger partial charge in [0.2, 0.25) is 6.39 Å². The molecule has 0 saturated carbocycles. The molecule has 4 nitrogen and oxygen atoms in total. The fourth-order valence-corrected chi connectivity index (χ4v) is 2.65. The van der Waals surface area contributed by atoms with Gasteiger partial charge in [-0.3, -0.25) is 0 Å². The first-order valence-electron chi connectivity index (χ1n) is 6.10. The molecule has 94 valence electrons. The highest BCUT2D eigenvalue weighted by Crippen LogP contribution is 2.32. The summed E-state index contributed by atoms with van der Waals surface area (Å²) in [7, 11) is 0. The zero-order valence-corrected chi connectivity index (χ0v) is 10.7. The number of nitrogens with one attached hydrogen (secondary N) is 1. The minimum Gasteiger partial charge on any atom is -0.343 e. The Hall–Kier alpha value is -1.39. The summed E-state index contributed by atoms with van der Waals surface area (Å²) in [6, 6.07) is 6.57. The first-order valence-corrected chi connectivity index (χ1v) is 6.47. The van der Waals surface area contributed by atoms with E-state index in [9.17, 15) is 0 Å². The van der Waals surface area contributed by atoms with Gasteiger partial charge in [-0.05, 0) is 36.1 Å². The van der Waals surface area contributed by atoms with Crippen molar-refractivity contribution < 1.29 is 4.52 Å². The Kier molecular flexibility index (Phi) is 3.30. The van der Waals surface area contributed by atoms with Crippen molar-refractivity contribution in [3.05, 3.63) is 46.6 Å². The summed E-state index contributed by atoms with van der Waals surface area (Å²) < 4.78 is 4.70. The van der Waals surface area contributed by atoms with Crippen LogP contribution < -0.4 is 5.32 Å². The molecule has 1 atom stereocenters. The molecule has 0 aliphatic heterocycles. The monoisotopic (exact) mass is 263 g/mol. The highest BCUT2D eigenvalue weighted by molar-refractivity contribution is 6.30. The van der Waals surface area contributed by atoms with Gasteiger partial charge in [0.05, 0.1) is 0 Å². The Morgan fingerprint density at radius 3 is 3.22 bits per heavy atom. The Morgan fingerprint density at radius 2 is 2.39 bits per heavy atom. The van der Waals surface area contributed by atoms with Gasteiger partial charge < -0.3 is 9.84 Å². The minimum absolute atomic E-state index is 0.421. The van der Waals surface area contributed by atoms with Crippen LogP contribution in [-0.4, -0.2) is 16.7 Å². The third-order valence-corrected chi connectivity index (χ3v) is 3.56. The average Bonchev–Trinajstić information content (AvgIpc) is 2.99. The molecule has 1 unspecified atom stereocenters. The molecule has 1 heterocycles. The molecule has 1 aromatic heterocycles. The molecule has 0 spiro atoms. The van der Waals surface area contributed by atoms with Crippen molar-refractivity contribution in [2.24, 2.45) is 0 Å². The molecule has 1 aliphatic carbocycles. The summed E-state index contributed by atoms with van der Waals surface area (Å²) in [5.41, 5.74) is 2.73. The lowest BCUT2D eigenvalue weighted by atomic mass is 10.1. The summed E-state index contributed by atoms with van der Waals surface area (Å²) in [6.07, 6.45) is 4.37. The van der Waals surface area contributed by atoms with Crippen molar-refractivity contribution >= 4 is 11.6 Å². The number of nitrogens with zero attached hydrogens (tertiary/aromatic N) is 2. The zero-order valence-electron chi connectivity index (χ0n) is 9.90. The second-order valence-corrected chi connectivity index (χ2v) is 4.92. The fourth-order valence-electron chi connectivity index (χ4n) is 2.46. The number of halogens is 1. The second kappa shape index (κ2) is 5.08. The van der Waals surface area contributed by atoms with Crippen LogP contribution in [0.15, 0.2) is 29.1 Å². The number of benzene rings is 1. The fraction of sp³-hybridized carbons (Fsp3) is 0.385. The molecule has 1 aliphatic rings. The third kappa shape index (κ3) is 2.40. The SMILES string of the molecule is Clc1ccc2c(c1)CCC2NCCc1ncon1. The predicted molar refractivity (Wildman–Crippen MR) is 68.5 cm³/mol. The molecule has 3 rings (SSSR count). The van der Waals surface area contributed by atoms with Crippen LogP contribution in [0.2, 0.25) is 5.02 Å². The van der Waals surface area contributed by atoms with Gasteiger partial charge in [0.25, 0.3) is 0 Å². The predicted octanol–water partition coefficient (Wildman–Crippen LogP) is 2.54. The van der Waals surface area contributed by atoms with Crippen LogP contribution in [0.4, 0.5) is 0 Å². The van der Waals surface area contributed by atoms with Gasteiger partial charge in [0, 0.05) is 24.0 Å². The average molecular weight is 264 g/mol. The Balaban J connectivity index is 1.59. The van der Waals surface area contributed by atoms with E-state index in [2.05, 4.69) is 27.6 Å². The van der Waals surface area contributed by atoms with Crippen LogP contribution in [-0.2, 0) is 12.8 Å². The zero-order chi connectivity index (χ0) is 12.4. The van der Waals surface area contributed by atoms with Crippen molar-refractivity contribution in [3.8, 4) is 0 Å². The van der Waals surface area contributed by atoms with Crippen molar-refractivity contribution in [2.75, 3.05) is 6.54 Å². The Bertz CT molecular complexity index is 527. The van der Waals surface area contributed by atoms with E-state index in [1.165, 1.54) is 17.5 Å². The van der Waals surface area contributed by atoms with E-state index < -0.39 is 0 Å². The van der Waals surface area contributed by atoms with Crippen LogP contribution in [0, 0.1) is 0 Å². The molecule has 18 heavy (non-hydrogen) atoms. The molecule has 0 amide bonds. The highest BCUT2D eigenvalue weighted by Gasteiger charge is 2.21. The molecule has 0 saturated heterocycles. The van der Waals surface area contributed by atoms with Crippen LogP contribution in [0.25, 0.3) is 0 Å². The van der Waals surface area contributed by atoms with Crippen LogP contribution >= 0.6 is 11.6 Å². The van der Waals surface area contributed by atoms with E-state index in [1.807, 2.05) is 6.07 Å². The van der Waals surface area contributed by atoms with Crippen LogP contribution in [0.5, 0.6) is 0 Å². The van der Waals surface area contributed by atoms with Gasteiger partial charge in [-0.15, -0.1) is 0 Å². The molecule has 1 aromatic carbocycles. The van der Waals surface area contributed by atoms with E-state index >= 15 is 0 Å². The Morgan fingerprint density at radius 1 is 1.44 bits per heavy atom. The van der Waals surface area contributed by atoms with Crippen LogP contribution in [0.1, 0.15) is 29.4 Å². The topological polar surface area (TPSA) is 51.0 Å². The lowest BCUT2D eigenvalue weighted by Crippen LogP contribution is -2.22. The maximum absolute atomic E-state index is 6.00. The van der Waals surface area contributed by atoms with E-state index in [0.717, 1.165) is 36.7 Å². The van der Waals surface area contributed by atoms with Crippen molar-refractivity contribution in [3.63, 3.8) is 0 Å². The van der Waals surface area contributed by atoms with Gasteiger partial charge in [0.1, 0.15) is 0 Å². The summed E-state index contributed by atoms with van der Waals surface area (Å²) in [5, 5.41) is 8.14. The van der Waals surface area contributed by atoms with Crippen LogP contribution in [0.3, 0.4) is 0 Å². The van der Waals surface area contributed by atoms with Crippen molar-refractivity contribution in [2.45, 2.75) is 25.3 Å². The molecular formula is C13H14ClN3O. The number of rotatable bonds is 4. The molecular weight excluding hydrogens is 250 g/mol. The lowest BCUT2D eigenvalue weighted by Gasteiger charge is -2.13.